The van der Waals surface area contributed by atoms with Crippen LogP contribution in [0.4, 0.5) is 13.2 Å². The fourth-order valence-electron chi connectivity index (χ4n) is 1.93. The molecule has 26 heavy (non-hydrogen) atoms. The van der Waals surface area contributed by atoms with Crippen molar-refractivity contribution in [3.63, 3.8) is 0 Å². The van der Waals surface area contributed by atoms with Crippen molar-refractivity contribution in [1.82, 2.24) is 10.3 Å². The molecule has 2 aromatic rings. The van der Waals surface area contributed by atoms with Gasteiger partial charge in [0.25, 0.3) is 5.91 Å². The van der Waals surface area contributed by atoms with E-state index in [9.17, 15) is 18.0 Å². The minimum atomic E-state index is -4.64. The van der Waals surface area contributed by atoms with Gasteiger partial charge in [0.05, 0.1) is 35.5 Å². The molecule has 0 unspecified atom stereocenters. The Kier molecular flexibility index (Phi) is 6.27. The molecule has 0 aliphatic carbocycles. The van der Waals surface area contributed by atoms with Crippen molar-refractivity contribution >= 4 is 12.1 Å². The summed E-state index contributed by atoms with van der Waals surface area (Å²) in [6.07, 6.45) is -1.60. The molecule has 2 rings (SSSR count). The van der Waals surface area contributed by atoms with E-state index in [1.54, 1.807) is 24.3 Å². The molecule has 1 heterocycles. The molecule has 0 atom stereocenters. The molecule has 0 aliphatic heterocycles. The number of carbonyl (C=O) groups is 1. The predicted octanol–water partition coefficient (Wildman–Crippen LogP) is 2.90. The number of amides is 1. The number of hydrogen-bond donors (Lipinski definition) is 1. The number of benzene rings is 1. The monoisotopic (exact) mass is 362 g/mol. The van der Waals surface area contributed by atoms with E-state index in [-0.39, 0.29) is 13.2 Å². The third-order valence-electron chi connectivity index (χ3n) is 3.19. The Balaban J connectivity index is 1.81. The molecule has 0 aliphatic rings. The van der Waals surface area contributed by atoms with Crippen LogP contribution in [-0.2, 0) is 17.6 Å². The van der Waals surface area contributed by atoms with Crippen molar-refractivity contribution in [2.24, 2.45) is 5.16 Å². The van der Waals surface area contributed by atoms with Crippen molar-refractivity contribution in [2.75, 3.05) is 6.54 Å². The van der Waals surface area contributed by atoms with Gasteiger partial charge >= 0.3 is 6.18 Å². The number of pyridine rings is 1. The number of halogens is 3. The highest BCUT2D eigenvalue weighted by Gasteiger charge is 2.35. The first-order valence-corrected chi connectivity index (χ1v) is 7.34. The number of nitrogens with zero attached hydrogens (tertiary/aromatic N) is 3. The average molecular weight is 362 g/mol. The van der Waals surface area contributed by atoms with Crippen molar-refractivity contribution in [1.29, 1.82) is 5.26 Å². The lowest BCUT2D eigenvalue weighted by atomic mass is 10.1. The van der Waals surface area contributed by atoms with Crippen LogP contribution in [0.2, 0.25) is 0 Å². The van der Waals surface area contributed by atoms with Gasteiger partial charge in [0.1, 0.15) is 6.61 Å². The second kappa shape index (κ2) is 8.62. The summed E-state index contributed by atoms with van der Waals surface area (Å²) in [7, 11) is 0. The molecule has 134 valence electrons. The first kappa shape index (κ1) is 18.9. The molecular weight excluding hydrogens is 349 g/mol. The maximum absolute atomic E-state index is 12.8. The first-order chi connectivity index (χ1) is 12.4. The minimum Gasteiger partial charge on any atom is -0.391 e. The smallest absolute Gasteiger partial charge is 0.391 e. The van der Waals surface area contributed by atoms with Crippen LogP contribution in [0.5, 0.6) is 0 Å². The molecule has 1 aromatic carbocycles. The van der Waals surface area contributed by atoms with Gasteiger partial charge < -0.3 is 10.2 Å². The number of carbonyl (C=O) groups excluding carboxylic acids is 1. The van der Waals surface area contributed by atoms with Crippen molar-refractivity contribution < 1.29 is 22.8 Å². The molecule has 1 N–H and O–H groups in total. The Morgan fingerprint density at radius 1 is 1.31 bits per heavy atom. The van der Waals surface area contributed by atoms with E-state index in [1.165, 1.54) is 6.21 Å². The Bertz CT molecular complexity index is 827. The average Bonchev–Trinajstić information content (AvgIpc) is 2.64. The standard InChI is InChI=1S/C17H13F3N4O2/c18-17(19,20)15-5-6-22-10-14(15)16(25)23-7-8-24-26-11-13-3-1-12(9-21)2-4-13/h1-6,8,10H,7,11H2,(H,23,25). The lowest BCUT2D eigenvalue weighted by Crippen LogP contribution is -2.28. The van der Waals surface area contributed by atoms with Gasteiger partial charge in [-0.25, -0.2) is 0 Å². The van der Waals surface area contributed by atoms with Crippen LogP contribution < -0.4 is 5.32 Å². The second-order valence-corrected chi connectivity index (χ2v) is 5.00. The molecular formula is C17H13F3N4O2. The summed E-state index contributed by atoms with van der Waals surface area (Å²) in [5.41, 5.74) is -0.310. The van der Waals surface area contributed by atoms with E-state index in [0.29, 0.717) is 5.56 Å². The maximum Gasteiger partial charge on any atom is 0.417 e. The van der Waals surface area contributed by atoms with E-state index < -0.39 is 23.2 Å². The van der Waals surface area contributed by atoms with Gasteiger partial charge in [-0.2, -0.15) is 18.4 Å². The number of nitrogens with one attached hydrogen (secondary N) is 1. The number of oxime groups is 1. The lowest BCUT2D eigenvalue weighted by molar-refractivity contribution is -0.138. The largest absolute Gasteiger partial charge is 0.417 e. The van der Waals surface area contributed by atoms with Crippen LogP contribution in [0.1, 0.15) is 27.0 Å². The molecule has 0 spiro atoms. The summed E-state index contributed by atoms with van der Waals surface area (Å²) in [6.45, 7) is 0.0371. The van der Waals surface area contributed by atoms with Gasteiger partial charge in [-0.1, -0.05) is 17.3 Å². The highest BCUT2D eigenvalue weighted by molar-refractivity contribution is 5.96. The summed E-state index contributed by atoms with van der Waals surface area (Å²) in [4.78, 5) is 20.4. The topological polar surface area (TPSA) is 87.4 Å². The molecule has 1 amide bonds. The van der Waals surface area contributed by atoms with Gasteiger partial charge in [-0.15, -0.1) is 0 Å². The zero-order valence-corrected chi connectivity index (χ0v) is 13.3. The van der Waals surface area contributed by atoms with E-state index in [1.807, 2.05) is 6.07 Å². The highest BCUT2D eigenvalue weighted by atomic mass is 19.4. The summed E-state index contributed by atoms with van der Waals surface area (Å²) < 4.78 is 38.5. The van der Waals surface area contributed by atoms with E-state index in [0.717, 1.165) is 24.0 Å². The maximum atomic E-state index is 12.8. The molecule has 1 aromatic heterocycles. The quantitative estimate of drug-likeness (QED) is 0.632. The molecule has 0 saturated carbocycles. The SMILES string of the molecule is N#Cc1ccc(CON=CCNC(=O)c2cnccc2C(F)(F)F)cc1. The number of hydrogen-bond acceptors (Lipinski definition) is 5. The fourth-order valence-corrected chi connectivity index (χ4v) is 1.93. The third-order valence-corrected chi connectivity index (χ3v) is 3.19. The summed E-state index contributed by atoms with van der Waals surface area (Å²) in [6, 6.07) is 9.41. The highest BCUT2D eigenvalue weighted by Crippen LogP contribution is 2.31. The molecule has 9 heteroatoms. The molecule has 0 radical (unpaired) electrons. The summed E-state index contributed by atoms with van der Waals surface area (Å²) in [5, 5.41) is 14.6. The Hall–Kier alpha value is -3.41. The van der Waals surface area contributed by atoms with Crippen molar-refractivity contribution in [3.05, 3.63) is 65.0 Å². The van der Waals surface area contributed by atoms with Gasteiger partial charge in [-0.3, -0.25) is 9.78 Å². The van der Waals surface area contributed by atoms with Gasteiger partial charge in [0.2, 0.25) is 0 Å². The molecule has 0 fully saturated rings. The normalized spacial score (nSPS) is 11.2. The van der Waals surface area contributed by atoms with Crippen LogP contribution in [0.25, 0.3) is 0 Å². The molecule has 0 saturated heterocycles. The van der Waals surface area contributed by atoms with Crippen molar-refractivity contribution in [3.8, 4) is 6.07 Å². The van der Waals surface area contributed by atoms with Crippen molar-refractivity contribution in [2.45, 2.75) is 12.8 Å². The number of rotatable bonds is 6. The van der Waals surface area contributed by atoms with Crippen LogP contribution in [0, 0.1) is 11.3 Å². The number of alkyl halides is 3. The summed E-state index contributed by atoms with van der Waals surface area (Å²) in [5.74, 6) is -0.913. The van der Waals surface area contributed by atoms with Gasteiger partial charge in [-0.05, 0) is 23.8 Å². The zero-order chi connectivity index (χ0) is 19.0. The minimum absolute atomic E-state index is 0.113. The third kappa shape index (κ3) is 5.31. The Morgan fingerprint density at radius 3 is 2.69 bits per heavy atom. The van der Waals surface area contributed by atoms with Gasteiger partial charge in [0.15, 0.2) is 0 Å². The zero-order valence-electron chi connectivity index (χ0n) is 13.3. The van der Waals surface area contributed by atoms with Crippen LogP contribution in [-0.4, -0.2) is 23.7 Å². The van der Waals surface area contributed by atoms with Crippen LogP contribution in [0.3, 0.4) is 0 Å². The molecule has 0 bridgehead atoms. The number of aromatic nitrogens is 1. The van der Waals surface area contributed by atoms with E-state index in [2.05, 4.69) is 15.5 Å². The van der Waals surface area contributed by atoms with E-state index in [4.69, 9.17) is 10.1 Å². The molecule has 6 nitrogen and oxygen atoms in total. The number of nitriles is 1. The predicted molar refractivity (Wildman–Crippen MR) is 86.0 cm³/mol. The second-order valence-electron chi connectivity index (χ2n) is 5.00. The fraction of sp³-hybridized carbons (Fsp3) is 0.176. The first-order valence-electron chi connectivity index (χ1n) is 7.34. The Labute approximate surface area is 146 Å². The Morgan fingerprint density at radius 2 is 2.04 bits per heavy atom. The van der Waals surface area contributed by atoms with Crippen LogP contribution >= 0.6 is 0 Å². The van der Waals surface area contributed by atoms with Crippen LogP contribution in [0.15, 0.2) is 47.9 Å². The lowest BCUT2D eigenvalue weighted by Gasteiger charge is -2.11. The summed E-state index contributed by atoms with van der Waals surface area (Å²) >= 11 is 0. The van der Waals surface area contributed by atoms with E-state index >= 15 is 0 Å². The van der Waals surface area contributed by atoms with Gasteiger partial charge in [0, 0.05) is 12.4 Å².